The average molecular weight is 444 g/mol. The highest BCUT2D eigenvalue weighted by Crippen LogP contribution is 2.31. The molecule has 3 heterocycles. The van der Waals surface area contributed by atoms with E-state index in [4.69, 9.17) is 0 Å². The van der Waals surface area contributed by atoms with Crippen molar-refractivity contribution in [3.05, 3.63) is 79.3 Å². The van der Waals surface area contributed by atoms with Crippen LogP contribution < -0.4 is 16.0 Å². The summed E-state index contributed by atoms with van der Waals surface area (Å²) in [6, 6.07) is 7.95. The zero-order valence-electron chi connectivity index (χ0n) is 18.0. The molecular formula is C23H21FN8O. The summed E-state index contributed by atoms with van der Waals surface area (Å²) < 4.78 is 16.3. The molecule has 0 aliphatic rings. The van der Waals surface area contributed by atoms with Crippen LogP contribution in [0, 0.1) is 12.7 Å². The van der Waals surface area contributed by atoms with Crippen LogP contribution in [-0.4, -0.2) is 30.6 Å². The fourth-order valence-corrected chi connectivity index (χ4v) is 3.01. The van der Waals surface area contributed by atoms with Crippen LogP contribution in [0.15, 0.2) is 67.8 Å². The van der Waals surface area contributed by atoms with Gasteiger partial charge in [0.05, 0.1) is 17.6 Å². The molecule has 0 saturated carbocycles. The van der Waals surface area contributed by atoms with Crippen LogP contribution in [-0.2, 0) is 11.8 Å². The number of hydrogen-bond donors (Lipinski definition) is 3. The van der Waals surface area contributed by atoms with Crippen LogP contribution in [0.25, 0.3) is 11.1 Å². The SMILES string of the molecule is C=CC(=O)Nc1ccc(F)c(Nc2nc(Nc3cnn(C)c3)ncc2-c2ccc(C)nc2)c1. The van der Waals surface area contributed by atoms with E-state index in [-0.39, 0.29) is 5.69 Å². The van der Waals surface area contributed by atoms with Crippen LogP contribution in [0.3, 0.4) is 0 Å². The van der Waals surface area contributed by atoms with E-state index in [0.717, 1.165) is 17.3 Å². The molecule has 0 atom stereocenters. The third-order valence-corrected chi connectivity index (χ3v) is 4.64. The van der Waals surface area contributed by atoms with Gasteiger partial charge >= 0.3 is 0 Å². The molecule has 0 saturated heterocycles. The number of nitrogens with zero attached hydrogens (tertiary/aromatic N) is 5. The van der Waals surface area contributed by atoms with Gasteiger partial charge in [-0.25, -0.2) is 9.37 Å². The Kier molecular flexibility index (Phi) is 6.07. The van der Waals surface area contributed by atoms with Crippen LogP contribution >= 0.6 is 0 Å². The predicted octanol–water partition coefficient (Wildman–Crippen LogP) is 4.33. The lowest BCUT2D eigenvalue weighted by atomic mass is 10.1. The standard InChI is InChI=1S/C23H21FN8O/c1-4-21(33)28-16-7-8-19(24)20(9-16)30-22-18(15-6-5-14(2)25-10-15)12-26-23(31-22)29-17-11-27-32(3)13-17/h4-13H,1H2,2-3H3,(H,28,33)(H2,26,29,30,31). The Bertz CT molecular complexity index is 1320. The summed E-state index contributed by atoms with van der Waals surface area (Å²) in [4.78, 5) is 24.9. The van der Waals surface area contributed by atoms with Crippen LogP contribution in [0.1, 0.15) is 5.69 Å². The first-order chi connectivity index (χ1) is 15.9. The van der Waals surface area contributed by atoms with Gasteiger partial charge in [0.25, 0.3) is 0 Å². The second-order valence-electron chi connectivity index (χ2n) is 7.18. The van der Waals surface area contributed by atoms with Crippen molar-refractivity contribution in [3.63, 3.8) is 0 Å². The quantitative estimate of drug-likeness (QED) is 0.364. The molecule has 1 aromatic carbocycles. The molecule has 0 spiro atoms. The molecule has 10 heteroatoms. The van der Waals surface area contributed by atoms with Crippen molar-refractivity contribution in [2.24, 2.45) is 7.05 Å². The highest BCUT2D eigenvalue weighted by atomic mass is 19.1. The maximum Gasteiger partial charge on any atom is 0.247 e. The summed E-state index contributed by atoms with van der Waals surface area (Å²) >= 11 is 0. The summed E-state index contributed by atoms with van der Waals surface area (Å²) in [5.74, 6) is -0.261. The molecule has 0 unspecified atom stereocenters. The fraction of sp³-hybridized carbons (Fsp3) is 0.0870. The first-order valence-corrected chi connectivity index (χ1v) is 9.97. The van der Waals surface area contributed by atoms with E-state index >= 15 is 0 Å². The summed E-state index contributed by atoms with van der Waals surface area (Å²) in [6.45, 7) is 5.31. The number of carbonyl (C=O) groups is 1. The third-order valence-electron chi connectivity index (χ3n) is 4.64. The van der Waals surface area contributed by atoms with Crippen molar-refractivity contribution in [3.8, 4) is 11.1 Å². The largest absolute Gasteiger partial charge is 0.337 e. The smallest absolute Gasteiger partial charge is 0.247 e. The van der Waals surface area contributed by atoms with Gasteiger partial charge in [0, 0.05) is 48.1 Å². The van der Waals surface area contributed by atoms with Crippen LogP contribution in [0.2, 0.25) is 0 Å². The van der Waals surface area contributed by atoms with Gasteiger partial charge in [0.2, 0.25) is 11.9 Å². The molecule has 9 nitrogen and oxygen atoms in total. The number of pyridine rings is 1. The number of benzene rings is 1. The zero-order valence-corrected chi connectivity index (χ0v) is 18.0. The van der Waals surface area contributed by atoms with E-state index in [0.29, 0.717) is 28.7 Å². The lowest BCUT2D eigenvalue weighted by Crippen LogP contribution is -2.08. The van der Waals surface area contributed by atoms with Crippen molar-refractivity contribution in [2.45, 2.75) is 6.92 Å². The number of hydrogen-bond acceptors (Lipinski definition) is 7. The van der Waals surface area contributed by atoms with E-state index in [1.807, 2.05) is 19.1 Å². The number of halogens is 1. The number of nitrogens with one attached hydrogen (secondary N) is 3. The number of rotatable bonds is 7. The number of anilines is 5. The Balaban J connectivity index is 1.73. The van der Waals surface area contributed by atoms with Crippen LogP contribution in [0.5, 0.6) is 0 Å². The highest BCUT2D eigenvalue weighted by Gasteiger charge is 2.14. The molecular weight excluding hydrogens is 423 g/mol. The van der Waals surface area contributed by atoms with E-state index in [2.05, 4.69) is 42.6 Å². The molecule has 166 valence electrons. The molecule has 0 aliphatic heterocycles. The predicted molar refractivity (Wildman–Crippen MR) is 125 cm³/mol. The van der Waals surface area contributed by atoms with Crippen molar-refractivity contribution in [1.82, 2.24) is 24.7 Å². The van der Waals surface area contributed by atoms with Crippen molar-refractivity contribution in [2.75, 3.05) is 16.0 Å². The van der Waals surface area contributed by atoms with Crippen molar-refractivity contribution < 1.29 is 9.18 Å². The molecule has 0 radical (unpaired) electrons. The molecule has 0 bridgehead atoms. The Morgan fingerprint density at radius 2 is 1.94 bits per heavy atom. The fourth-order valence-electron chi connectivity index (χ4n) is 3.01. The first-order valence-electron chi connectivity index (χ1n) is 9.97. The Hall–Kier alpha value is -4.60. The van der Waals surface area contributed by atoms with Gasteiger partial charge in [-0.2, -0.15) is 10.1 Å². The average Bonchev–Trinajstić information content (AvgIpc) is 3.21. The number of aryl methyl sites for hydroxylation is 2. The van der Waals surface area contributed by atoms with E-state index in [9.17, 15) is 9.18 Å². The monoisotopic (exact) mass is 444 g/mol. The van der Waals surface area contributed by atoms with Gasteiger partial charge in [0.1, 0.15) is 11.6 Å². The maximum atomic E-state index is 14.6. The molecule has 3 N–H and O–H groups in total. The van der Waals surface area contributed by atoms with Gasteiger partial charge in [-0.05, 0) is 37.3 Å². The number of aromatic nitrogens is 5. The number of carbonyl (C=O) groups excluding carboxylic acids is 1. The second-order valence-corrected chi connectivity index (χ2v) is 7.18. The van der Waals surface area contributed by atoms with Gasteiger partial charge in [-0.15, -0.1) is 0 Å². The second kappa shape index (κ2) is 9.27. The van der Waals surface area contributed by atoms with Gasteiger partial charge in [0.15, 0.2) is 0 Å². The zero-order chi connectivity index (χ0) is 23.4. The summed E-state index contributed by atoms with van der Waals surface area (Å²) in [5, 5.41) is 12.8. The van der Waals surface area contributed by atoms with Gasteiger partial charge < -0.3 is 16.0 Å². The summed E-state index contributed by atoms with van der Waals surface area (Å²) in [5.41, 5.74) is 3.48. The molecule has 0 fully saturated rings. The van der Waals surface area contributed by atoms with Gasteiger partial charge in [-0.1, -0.05) is 12.6 Å². The summed E-state index contributed by atoms with van der Waals surface area (Å²) in [7, 11) is 1.80. The van der Waals surface area contributed by atoms with Crippen molar-refractivity contribution >= 4 is 34.7 Å². The Morgan fingerprint density at radius 1 is 1.09 bits per heavy atom. The lowest BCUT2D eigenvalue weighted by molar-refractivity contribution is -0.111. The molecule has 4 aromatic rings. The molecule has 4 rings (SSSR count). The minimum Gasteiger partial charge on any atom is -0.337 e. The van der Waals surface area contributed by atoms with E-state index in [1.54, 1.807) is 36.5 Å². The first kappa shape index (κ1) is 21.6. The lowest BCUT2D eigenvalue weighted by Gasteiger charge is -2.14. The molecule has 3 aromatic heterocycles. The maximum absolute atomic E-state index is 14.6. The summed E-state index contributed by atoms with van der Waals surface area (Å²) in [6.07, 6.45) is 7.88. The Labute approximate surface area is 189 Å². The van der Waals surface area contributed by atoms with E-state index in [1.165, 1.54) is 18.2 Å². The topological polar surface area (TPSA) is 110 Å². The third kappa shape index (κ3) is 5.18. The van der Waals surface area contributed by atoms with Crippen molar-refractivity contribution in [1.29, 1.82) is 0 Å². The number of amides is 1. The Morgan fingerprint density at radius 3 is 2.64 bits per heavy atom. The molecule has 0 aliphatic carbocycles. The van der Waals surface area contributed by atoms with E-state index < -0.39 is 11.7 Å². The highest BCUT2D eigenvalue weighted by molar-refractivity contribution is 5.99. The normalized spacial score (nSPS) is 10.5. The van der Waals surface area contributed by atoms with Crippen LogP contribution in [0.4, 0.5) is 33.2 Å². The molecule has 33 heavy (non-hydrogen) atoms. The minimum absolute atomic E-state index is 0.129. The molecule has 1 amide bonds. The van der Waals surface area contributed by atoms with Gasteiger partial charge in [-0.3, -0.25) is 14.5 Å². The minimum atomic E-state index is -0.514.